The van der Waals surface area contributed by atoms with Crippen LogP contribution in [0.25, 0.3) is 0 Å². The quantitative estimate of drug-likeness (QED) is 0.657. The van der Waals surface area contributed by atoms with Gasteiger partial charge in [-0.15, -0.1) is 0 Å². The van der Waals surface area contributed by atoms with Crippen LogP contribution in [-0.4, -0.2) is 33.4 Å². The van der Waals surface area contributed by atoms with Gasteiger partial charge in [0.25, 0.3) is 0 Å². The van der Waals surface area contributed by atoms with E-state index in [-0.39, 0.29) is 0 Å². The van der Waals surface area contributed by atoms with Gasteiger partial charge in [0.05, 0.1) is 0 Å². The molecule has 0 amide bonds. The molecular formula is C8H16N2OS2. The molecule has 13 heavy (non-hydrogen) atoms. The van der Waals surface area contributed by atoms with Crippen molar-refractivity contribution in [2.75, 3.05) is 18.1 Å². The van der Waals surface area contributed by atoms with Gasteiger partial charge in [0, 0.05) is 34.9 Å². The van der Waals surface area contributed by atoms with E-state index in [4.69, 9.17) is 12.2 Å². The number of rotatable bonds is 5. The van der Waals surface area contributed by atoms with Crippen LogP contribution in [0.15, 0.2) is 0 Å². The monoisotopic (exact) mass is 220 g/mol. The number of hydrogen-bond donors (Lipinski definition) is 2. The van der Waals surface area contributed by atoms with E-state index < -0.39 is 10.8 Å². The average molecular weight is 220 g/mol. The summed E-state index contributed by atoms with van der Waals surface area (Å²) in [6.07, 6.45) is 2.45. The minimum atomic E-state index is -0.690. The maximum absolute atomic E-state index is 11.0. The zero-order chi connectivity index (χ0) is 9.68. The molecule has 1 saturated carbocycles. The highest BCUT2D eigenvalue weighted by molar-refractivity contribution is 7.84. The van der Waals surface area contributed by atoms with Crippen molar-refractivity contribution in [3.8, 4) is 0 Å². The van der Waals surface area contributed by atoms with Crippen LogP contribution in [0.1, 0.15) is 19.8 Å². The van der Waals surface area contributed by atoms with E-state index in [1.54, 1.807) is 0 Å². The zero-order valence-electron chi connectivity index (χ0n) is 7.84. The Morgan fingerprint density at radius 2 is 2.31 bits per heavy atom. The molecule has 2 N–H and O–H groups in total. The predicted molar refractivity (Wildman–Crippen MR) is 60.3 cm³/mol. The molecule has 0 bridgehead atoms. The van der Waals surface area contributed by atoms with Gasteiger partial charge in [0.2, 0.25) is 0 Å². The first kappa shape index (κ1) is 10.9. The summed E-state index contributed by atoms with van der Waals surface area (Å²) in [7, 11) is -0.690. The molecule has 1 unspecified atom stereocenters. The van der Waals surface area contributed by atoms with E-state index in [9.17, 15) is 4.21 Å². The van der Waals surface area contributed by atoms with Crippen LogP contribution in [0, 0.1) is 0 Å². The summed E-state index contributed by atoms with van der Waals surface area (Å²) >= 11 is 5.04. The van der Waals surface area contributed by atoms with E-state index in [0.717, 1.165) is 5.75 Å². The Morgan fingerprint density at radius 3 is 2.85 bits per heavy atom. The van der Waals surface area contributed by atoms with Crippen molar-refractivity contribution in [3.63, 3.8) is 0 Å². The Morgan fingerprint density at radius 1 is 1.62 bits per heavy atom. The molecule has 5 heteroatoms. The number of hydrogen-bond acceptors (Lipinski definition) is 2. The number of thiocarbonyl (C=S) groups is 1. The first-order valence-electron chi connectivity index (χ1n) is 4.61. The van der Waals surface area contributed by atoms with Crippen LogP contribution in [0.3, 0.4) is 0 Å². The maximum Gasteiger partial charge on any atom is 0.166 e. The van der Waals surface area contributed by atoms with Gasteiger partial charge in [-0.25, -0.2) is 0 Å². The molecular weight excluding hydrogens is 204 g/mol. The lowest BCUT2D eigenvalue weighted by Crippen LogP contribution is -2.38. The summed E-state index contributed by atoms with van der Waals surface area (Å²) in [6, 6.07) is 0.594. The molecule has 0 spiro atoms. The number of nitrogens with one attached hydrogen (secondary N) is 2. The van der Waals surface area contributed by atoms with Gasteiger partial charge in [-0.1, -0.05) is 6.92 Å². The van der Waals surface area contributed by atoms with Gasteiger partial charge in [-0.3, -0.25) is 4.21 Å². The third kappa shape index (κ3) is 5.21. The highest BCUT2D eigenvalue weighted by atomic mass is 32.2. The van der Waals surface area contributed by atoms with E-state index in [2.05, 4.69) is 10.6 Å². The highest BCUT2D eigenvalue weighted by Gasteiger charge is 2.21. The van der Waals surface area contributed by atoms with Gasteiger partial charge < -0.3 is 10.6 Å². The third-order valence-corrected chi connectivity index (χ3v) is 3.42. The molecule has 0 radical (unpaired) electrons. The van der Waals surface area contributed by atoms with Crippen molar-refractivity contribution in [1.82, 2.24) is 10.6 Å². The lowest BCUT2D eigenvalue weighted by molar-refractivity contribution is 0.682. The SMILES string of the molecule is CCS(=O)CCNC(=S)NC1CC1. The summed E-state index contributed by atoms with van der Waals surface area (Å²) in [5.41, 5.74) is 0. The molecule has 0 aliphatic heterocycles. The molecule has 0 aromatic carbocycles. The lowest BCUT2D eigenvalue weighted by atomic mass is 10.7. The summed E-state index contributed by atoms with van der Waals surface area (Å²) in [5.74, 6) is 1.41. The molecule has 0 aromatic heterocycles. The molecule has 0 aromatic rings. The summed E-state index contributed by atoms with van der Waals surface area (Å²) in [5, 5.41) is 6.92. The summed E-state index contributed by atoms with van der Waals surface area (Å²) < 4.78 is 11.0. The smallest absolute Gasteiger partial charge is 0.166 e. The predicted octanol–water partition coefficient (Wildman–Crippen LogP) is 0.382. The first-order valence-corrected chi connectivity index (χ1v) is 6.51. The van der Waals surface area contributed by atoms with E-state index in [1.807, 2.05) is 6.92 Å². The molecule has 3 nitrogen and oxygen atoms in total. The Hall–Kier alpha value is -0.160. The summed E-state index contributed by atoms with van der Waals surface area (Å²) in [6.45, 7) is 2.63. The fraction of sp³-hybridized carbons (Fsp3) is 0.875. The Kier molecular flexibility index (Phi) is 4.66. The molecule has 1 rings (SSSR count). The van der Waals surface area contributed by atoms with Gasteiger partial charge in [0.15, 0.2) is 5.11 Å². The normalized spacial score (nSPS) is 17.9. The topological polar surface area (TPSA) is 41.1 Å². The fourth-order valence-corrected chi connectivity index (χ4v) is 1.77. The van der Waals surface area contributed by atoms with Crippen molar-refractivity contribution in [2.45, 2.75) is 25.8 Å². The fourth-order valence-electron chi connectivity index (χ4n) is 0.887. The Bertz CT molecular complexity index is 204. The highest BCUT2D eigenvalue weighted by Crippen LogP contribution is 2.18. The molecule has 76 valence electrons. The van der Waals surface area contributed by atoms with Crippen molar-refractivity contribution < 1.29 is 4.21 Å². The van der Waals surface area contributed by atoms with Crippen molar-refractivity contribution in [2.24, 2.45) is 0 Å². The van der Waals surface area contributed by atoms with E-state index >= 15 is 0 Å². The molecule has 0 saturated heterocycles. The van der Waals surface area contributed by atoms with Crippen LogP contribution in [0.4, 0.5) is 0 Å². The average Bonchev–Trinajstić information content (AvgIpc) is 2.88. The van der Waals surface area contributed by atoms with Crippen LogP contribution in [0.2, 0.25) is 0 Å². The van der Waals surface area contributed by atoms with E-state index in [1.165, 1.54) is 12.8 Å². The van der Waals surface area contributed by atoms with Gasteiger partial charge in [-0.2, -0.15) is 0 Å². The van der Waals surface area contributed by atoms with Crippen molar-refractivity contribution in [3.05, 3.63) is 0 Å². The van der Waals surface area contributed by atoms with Crippen molar-refractivity contribution >= 4 is 28.1 Å². The maximum atomic E-state index is 11.0. The third-order valence-electron chi connectivity index (χ3n) is 1.85. The van der Waals surface area contributed by atoms with Crippen LogP contribution >= 0.6 is 12.2 Å². The van der Waals surface area contributed by atoms with Crippen LogP contribution in [0.5, 0.6) is 0 Å². The largest absolute Gasteiger partial charge is 0.362 e. The minimum Gasteiger partial charge on any atom is -0.362 e. The van der Waals surface area contributed by atoms with Crippen LogP contribution in [-0.2, 0) is 10.8 Å². The molecule has 1 atom stereocenters. The lowest BCUT2D eigenvalue weighted by Gasteiger charge is -2.08. The molecule has 1 aliphatic carbocycles. The van der Waals surface area contributed by atoms with Gasteiger partial charge >= 0.3 is 0 Å². The second-order valence-corrected chi connectivity index (χ2v) is 5.38. The molecule has 0 heterocycles. The molecule has 1 aliphatic rings. The summed E-state index contributed by atoms with van der Waals surface area (Å²) in [4.78, 5) is 0. The zero-order valence-corrected chi connectivity index (χ0v) is 9.47. The van der Waals surface area contributed by atoms with Crippen LogP contribution < -0.4 is 10.6 Å². The Balaban J connectivity index is 1.97. The van der Waals surface area contributed by atoms with E-state index in [0.29, 0.717) is 23.5 Å². The second kappa shape index (κ2) is 5.54. The van der Waals surface area contributed by atoms with Gasteiger partial charge in [-0.05, 0) is 25.1 Å². The standard InChI is InChI=1S/C8H16N2OS2/c1-2-13(11)6-5-9-8(12)10-7-3-4-7/h7H,2-6H2,1H3,(H2,9,10,12). The Labute approximate surface area is 87.1 Å². The first-order chi connectivity index (χ1) is 6.22. The minimum absolute atomic E-state index is 0.594. The second-order valence-electron chi connectivity index (χ2n) is 3.11. The van der Waals surface area contributed by atoms with Crippen molar-refractivity contribution in [1.29, 1.82) is 0 Å². The molecule has 1 fully saturated rings. The van der Waals surface area contributed by atoms with Gasteiger partial charge in [0.1, 0.15) is 0 Å².